The normalized spacial score (nSPS) is 20.9. The molecule has 142 valence electrons. The van der Waals surface area contributed by atoms with Crippen molar-refractivity contribution >= 4 is 17.3 Å². The van der Waals surface area contributed by atoms with E-state index in [1.807, 2.05) is 0 Å². The third-order valence-corrected chi connectivity index (χ3v) is 3.72. The van der Waals surface area contributed by atoms with Crippen LogP contribution in [-0.2, 0) is 11.2 Å². The zero-order valence-corrected chi connectivity index (χ0v) is 13.1. The number of benzene rings is 1. The Morgan fingerprint density at radius 1 is 1.31 bits per heavy atom. The quantitative estimate of drug-likeness (QED) is 0.493. The first kappa shape index (κ1) is 19.7. The van der Waals surface area contributed by atoms with Gasteiger partial charge in [0.25, 0.3) is 5.69 Å². The van der Waals surface area contributed by atoms with Crippen LogP contribution >= 0.6 is 0 Å². The maximum absolute atomic E-state index is 13.8. The van der Waals surface area contributed by atoms with Gasteiger partial charge in [0.2, 0.25) is 11.6 Å². The van der Waals surface area contributed by atoms with Gasteiger partial charge in [0.15, 0.2) is 0 Å². The second-order valence-electron chi connectivity index (χ2n) is 5.71. The van der Waals surface area contributed by atoms with Crippen LogP contribution < -0.4 is 0 Å². The van der Waals surface area contributed by atoms with Crippen LogP contribution in [0.25, 0.3) is 0 Å². The molecule has 1 aliphatic heterocycles. The fourth-order valence-corrected chi connectivity index (χ4v) is 2.44. The summed E-state index contributed by atoms with van der Waals surface area (Å²) >= 11 is 0. The van der Waals surface area contributed by atoms with Crippen LogP contribution in [0.1, 0.15) is 18.9 Å². The monoisotopic (exact) mass is 381 g/mol. The van der Waals surface area contributed by atoms with Crippen LogP contribution in [0.3, 0.4) is 0 Å². The molecule has 0 aromatic heterocycles. The van der Waals surface area contributed by atoms with E-state index in [-0.39, 0.29) is 22.0 Å². The van der Waals surface area contributed by atoms with Crippen molar-refractivity contribution in [3.05, 3.63) is 39.9 Å². The molecule has 1 amide bonds. The van der Waals surface area contributed by atoms with Crippen molar-refractivity contribution in [1.82, 2.24) is 5.01 Å². The Morgan fingerprint density at radius 3 is 2.31 bits per heavy atom. The zero-order valence-electron chi connectivity index (χ0n) is 13.1. The van der Waals surface area contributed by atoms with Gasteiger partial charge < -0.3 is 5.11 Å². The number of nitro benzene ring substituents is 1. The molecule has 2 rings (SSSR count). The molecular formula is C14H12F5N3O4. The van der Waals surface area contributed by atoms with Crippen LogP contribution in [0.15, 0.2) is 29.4 Å². The first-order valence-corrected chi connectivity index (χ1v) is 7.07. The van der Waals surface area contributed by atoms with Gasteiger partial charge in [-0.15, -0.1) is 0 Å². The number of hydrogen-bond acceptors (Lipinski definition) is 5. The van der Waals surface area contributed by atoms with E-state index in [4.69, 9.17) is 0 Å². The Morgan fingerprint density at radius 2 is 1.85 bits per heavy atom. The Bertz CT molecular complexity index is 763. The van der Waals surface area contributed by atoms with Crippen LogP contribution in [-0.4, -0.2) is 44.5 Å². The van der Waals surface area contributed by atoms with E-state index >= 15 is 0 Å². The number of carbonyl (C=O) groups is 1. The number of non-ortho nitro benzene ring substituents is 1. The lowest BCUT2D eigenvalue weighted by Crippen LogP contribution is -2.64. The molecule has 1 heterocycles. The maximum Gasteiger partial charge on any atom is 0.458 e. The van der Waals surface area contributed by atoms with Gasteiger partial charge in [-0.1, -0.05) is 12.1 Å². The Hall–Kier alpha value is -2.63. The van der Waals surface area contributed by atoms with Crippen LogP contribution in [0.4, 0.5) is 27.6 Å². The Balaban J connectivity index is 2.29. The Labute approximate surface area is 142 Å². The predicted octanol–water partition coefficient (Wildman–Crippen LogP) is 2.63. The molecule has 0 spiro atoms. The number of halogens is 5. The van der Waals surface area contributed by atoms with E-state index in [0.29, 0.717) is 0 Å². The van der Waals surface area contributed by atoms with E-state index in [2.05, 4.69) is 5.10 Å². The van der Waals surface area contributed by atoms with E-state index in [0.717, 1.165) is 31.2 Å². The average molecular weight is 381 g/mol. The number of rotatable bonds is 4. The molecule has 0 aliphatic carbocycles. The number of alkyl halides is 5. The number of hydrazone groups is 1. The number of amides is 1. The molecule has 1 aromatic rings. The van der Waals surface area contributed by atoms with Crippen molar-refractivity contribution in [1.29, 1.82) is 0 Å². The molecule has 0 unspecified atom stereocenters. The third-order valence-electron chi connectivity index (χ3n) is 3.72. The lowest BCUT2D eigenvalue weighted by Gasteiger charge is -2.38. The van der Waals surface area contributed by atoms with Gasteiger partial charge >= 0.3 is 12.1 Å². The van der Waals surface area contributed by atoms with Gasteiger partial charge in [-0.2, -0.15) is 32.1 Å². The smallest absolute Gasteiger partial charge is 0.364 e. The van der Waals surface area contributed by atoms with Crippen molar-refractivity contribution in [2.24, 2.45) is 5.10 Å². The van der Waals surface area contributed by atoms with E-state index in [9.17, 15) is 42.0 Å². The minimum absolute atomic E-state index is 0.109. The molecule has 1 aromatic carbocycles. The summed E-state index contributed by atoms with van der Waals surface area (Å²) in [6, 6.07) is 4.36. The van der Waals surface area contributed by atoms with Gasteiger partial charge in [-0.3, -0.25) is 14.9 Å². The topological polar surface area (TPSA) is 96.0 Å². The van der Waals surface area contributed by atoms with Crippen molar-refractivity contribution in [3.8, 4) is 0 Å². The summed E-state index contributed by atoms with van der Waals surface area (Å²) in [7, 11) is 0. The minimum Gasteiger partial charge on any atom is -0.364 e. The number of nitrogens with zero attached hydrogens (tertiary/aromatic N) is 3. The molecule has 1 N–H and O–H groups in total. The minimum atomic E-state index is -6.10. The summed E-state index contributed by atoms with van der Waals surface area (Å²) in [4.78, 5) is 22.0. The van der Waals surface area contributed by atoms with Crippen LogP contribution in [0.5, 0.6) is 0 Å². The van der Waals surface area contributed by atoms with Gasteiger partial charge in [0.1, 0.15) is 0 Å². The van der Waals surface area contributed by atoms with Crippen molar-refractivity contribution in [2.75, 3.05) is 0 Å². The summed E-state index contributed by atoms with van der Waals surface area (Å²) in [5.41, 5.74) is -4.35. The summed E-state index contributed by atoms with van der Waals surface area (Å²) in [6.07, 6.45) is -7.97. The van der Waals surface area contributed by atoms with Gasteiger partial charge in [-0.05, 0) is 12.5 Å². The Kier molecular flexibility index (Phi) is 4.75. The zero-order chi connectivity index (χ0) is 19.9. The van der Waals surface area contributed by atoms with Gasteiger partial charge in [0, 0.05) is 24.3 Å². The molecule has 1 aliphatic rings. The molecule has 26 heavy (non-hydrogen) atoms. The standard InChI is InChI=1S/C14H12F5N3O4/c1-8-7-12(24,13(15,16)14(17,18)19)21(20-8)11(23)6-9-2-4-10(5-3-9)22(25)26/h2-5,24H,6-7H2,1H3/t12-/m1/s1. The van der Waals surface area contributed by atoms with Crippen molar-refractivity contribution < 1.29 is 36.8 Å². The molecule has 1 atom stereocenters. The van der Waals surface area contributed by atoms with Crippen molar-refractivity contribution in [3.63, 3.8) is 0 Å². The lowest BCUT2D eigenvalue weighted by atomic mass is 9.98. The largest absolute Gasteiger partial charge is 0.458 e. The molecule has 0 saturated carbocycles. The van der Waals surface area contributed by atoms with Gasteiger partial charge in [0.05, 0.1) is 11.3 Å². The number of nitro groups is 1. The fraction of sp³-hybridized carbons (Fsp3) is 0.429. The molecular weight excluding hydrogens is 369 g/mol. The second kappa shape index (κ2) is 6.27. The third kappa shape index (κ3) is 3.23. The molecule has 0 bridgehead atoms. The average Bonchev–Trinajstić information content (AvgIpc) is 2.83. The highest BCUT2D eigenvalue weighted by Crippen LogP contribution is 2.48. The fourth-order valence-electron chi connectivity index (χ4n) is 2.44. The lowest BCUT2D eigenvalue weighted by molar-refractivity contribution is -0.384. The summed E-state index contributed by atoms with van der Waals surface area (Å²) in [6.45, 7) is 1.09. The maximum atomic E-state index is 13.8. The second-order valence-corrected chi connectivity index (χ2v) is 5.71. The van der Waals surface area contributed by atoms with E-state index in [1.165, 1.54) is 0 Å². The molecule has 0 saturated heterocycles. The summed E-state index contributed by atoms with van der Waals surface area (Å²) in [5.74, 6) is -6.94. The van der Waals surface area contributed by atoms with Crippen molar-refractivity contribution in [2.45, 2.75) is 37.6 Å². The SMILES string of the molecule is CC1=NN(C(=O)Cc2ccc([N+](=O)[O-])cc2)[C@](O)(C(F)(F)C(F)(F)F)C1. The molecule has 12 heteroatoms. The number of carbonyl (C=O) groups excluding carboxylic acids is 1. The highest BCUT2D eigenvalue weighted by atomic mass is 19.4. The summed E-state index contributed by atoms with van der Waals surface area (Å²) < 4.78 is 65.6. The van der Waals surface area contributed by atoms with E-state index in [1.54, 1.807) is 0 Å². The first-order chi connectivity index (χ1) is 11.8. The molecule has 0 radical (unpaired) electrons. The molecule has 0 fully saturated rings. The summed E-state index contributed by atoms with van der Waals surface area (Å²) in [5, 5.41) is 23.6. The van der Waals surface area contributed by atoms with Crippen LogP contribution in [0, 0.1) is 10.1 Å². The number of hydrogen-bond donors (Lipinski definition) is 1. The van der Waals surface area contributed by atoms with Crippen LogP contribution in [0.2, 0.25) is 0 Å². The van der Waals surface area contributed by atoms with Gasteiger partial charge in [-0.25, -0.2) is 0 Å². The highest BCUT2D eigenvalue weighted by molar-refractivity contribution is 5.89. The first-order valence-electron chi connectivity index (χ1n) is 7.07. The molecule has 7 nitrogen and oxygen atoms in total. The van der Waals surface area contributed by atoms with E-state index < -0.39 is 41.5 Å². The number of aliphatic hydroxyl groups is 1. The highest BCUT2D eigenvalue weighted by Gasteiger charge is 2.74. The predicted molar refractivity (Wildman–Crippen MR) is 77.3 cm³/mol.